The van der Waals surface area contributed by atoms with Crippen LogP contribution in [0.4, 0.5) is 5.82 Å². The molecule has 4 heteroatoms. The average Bonchev–Trinajstić information content (AvgIpc) is 2.42. The number of pyridine rings is 1. The van der Waals surface area contributed by atoms with Gasteiger partial charge in [-0.1, -0.05) is 24.9 Å². The Labute approximate surface area is 113 Å². The smallest absolute Gasteiger partial charge is 0.146 e. The van der Waals surface area contributed by atoms with Crippen molar-refractivity contribution >= 4 is 17.4 Å². The third kappa shape index (κ3) is 2.94. The Balaban J connectivity index is 2.01. The van der Waals surface area contributed by atoms with Gasteiger partial charge in [-0.15, -0.1) is 0 Å². The van der Waals surface area contributed by atoms with Crippen LogP contribution in [0.1, 0.15) is 44.6 Å². The Morgan fingerprint density at radius 2 is 2.17 bits per heavy atom. The van der Waals surface area contributed by atoms with E-state index in [2.05, 4.69) is 23.3 Å². The van der Waals surface area contributed by atoms with Crippen molar-refractivity contribution in [2.45, 2.75) is 45.1 Å². The minimum atomic E-state index is 0.437. The number of rotatable bonds is 3. The molecule has 96 valence electrons. The maximum atomic E-state index is 8.93. The highest BCUT2D eigenvalue weighted by molar-refractivity contribution is 6.34. The van der Waals surface area contributed by atoms with Gasteiger partial charge in [0, 0.05) is 12.2 Å². The molecule has 0 aliphatic heterocycles. The Bertz CT molecular complexity index is 445. The van der Waals surface area contributed by atoms with E-state index in [0.717, 1.165) is 18.8 Å². The molecule has 1 aliphatic carbocycles. The largest absolute Gasteiger partial charge is 0.366 e. The van der Waals surface area contributed by atoms with Crippen LogP contribution >= 0.6 is 11.6 Å². The summed E-state index contributed by atoms with van der Waals surface area (Å²) in [5.74, 6) is 1.52. The van der Waals surface area contributed by atoms with Gasteiger partial charge in [0.15, 0.2) is 0 Å². The zero-order valence-electron chi connectivity index (χ0n) is 10.6. The van der Waals surface area contributed by atoms with E-state index in [1.807, 2.05) is 0 Å². The lowest BCUT2D eigenvalue weighted by molar-refractivity contribution is 0.330. The summed E-state index contributed by atoms with van der Waals surface area (Å²) >= 11 is 6.14. The lowest BCUT2D eigenvalue weighted by Gasteiger charge is -2.29. The van der Waals surface area contributed by atoms with Gasteiger partial charge in [-0.2, -0.15) is 5.26 Å². The first-order valence-corrected chi connectivity index (χ1v) is 6.93. The number of nitrogens with zero attached hydrogens (tertiary/aromatic N) is 2. The van der Waals surface area contributed by atoms with E-state index in [-0.39, 0.29) is 0 Å². The van der Waals surface area contributed by atoms with E-state index < -0.39 is 0 Å². The van der Waals surface area contributed by atoms with E-state index in [1.165, 1.54) is 19.3 Å². The number of aromatic nitrogens is 1. The van der Waals surface area contributed by atoms with Crippen molar-refractivity contribution in [3.05, 3.63) is 22.8 Å². The maximum Gasteiger partial charge on any atom is 0.146 e. The fourth-order valence-electron chi connectivity index (χ4n) is 2.54. The molecule has 3 nitrogen and oxygen atoms in total. The van der Waals surface area contributed by atoms with E-state index >= 15 is 0 Å². The van der Waals surface area contributed by atoms with Gasteiger partial charge in [0.05, 0.1) is 5.56 Å². The standard InChI is InChI=1S/C14H18ClN3/c1-2-10-3-5-12(6-4-10)18-14-13(15)11(9-16)7-8-17-14/h7-8,10,12H,2-6H2,1H3,(H,17,18). The molecule has 0 amide bonds. The van der Waals surface area contributed by atoms with Crippen LogP contribution in [0.25, 0.3) is 0 Å². The summed E-state index contributed by atoms with van der Waals surface area (Å²) in [4.78, 5) is 4.23. The molecular weight excluding hydrogens is 246 g/mol. The number of nitrogens with one attached hydrogen (secondary N) is 1. The Kier molecular flexibility index (Phi) is 4.43. The van der Waals surface area contributed by atoms with Gasteiger partial charge in [0.1, 0.15) is 16.9 Å². The van der Waals surface area contributed by atoms with Gasteiger partial charge in [-0.3, -0.25) is 0 Å². The number of nitriles is 1. The summed E-state index contributed by atoms with van der Waals surface area (Å²) in [5.41, 5.74) is 0.483. The van der Waals surface area contributed by atoms with Crippen molar-refractivity contribution in [3.8, 4) is 6.07 Å². The molecule has 1 N–H and O–H groups in total. The van der Waals surface area contributed by atoms with Crippen LogP contribution in [-0.2, 0) is 0 Å². The Hall–Kier alpha value is -1.27. The van der Waals surface area contributed by atoms with Crippen molar-refractivity contribution in [3.63, 3.8) is 0 Å². The molecule has 0 unspecified atom stereocenters. The molecule has 0 spiro atoms. The number of halogens is 1. The Morgan fingerprint density at radius 3 is 2.78 bits per heavy atom. The van der Waals surface area contributed by atoms with Crippen molar-refractivity contribution < 1.29 is 0 Å². The van der Waals surface area contributed by atoms with Crippen molar-refractivity contribution in [1.82, 2.24) is 4.98 Å². The fourth-order valence-corrected chi connectivity index (χ4v) is 2.75. The number of anilines is 1. The maximum absolute atomic E-state index is 8.93. The normalized spacial score (nSPS) is 23.4. The summed E-state index contributed by atoms with van der Waals surface area (Å²) < 4.78 is 0. The van der Waals surface area contributed by atoms with Crippen molar-refractivity contribution in [2.75, 3.05) is 5.32 Å². The molecular formula is C14H18ClN3. The molecule has 0 bridgehead atoms. The van der Waals surface area contributed by atoms with Gasteiger partial charge in [-0.25, -0.2) is 4.98 Å². The van der Waals surface area contributed by atoms with Crippen LogP contribution in [0.15, 0.2) is 12.3 Å². The van der Waals surface area contributed by atoms with Gasteiger partial charge in [-0.05, 0) is 37.7 Å². The molecule has 0 saturated heterocycles. The molecule has 1 aromatic heterocycles. The van der Waals surface area contributed by atoms with Crippen LogP contribution in [0, 0.1) is 17.2 Å². The third-order valence-corrected chi connectivity index (χ3v) is 4.16. The zero-order chi connectivity index (χ0) is 13.0. The molecule has 0 aromatic carbocycles. The fraction of sp³-hybridized carbons (Fsp3) is 0.571. The van der Waals surface area contributed by atoms with Gasteiger partial charge in [0.2, 0.25) is 0 Å². The molecule has 2 rings (SSSR count). The van der Waals surface area contributed by atoms with Crippen LogP contribution in [0.3, 0.4) is 0 Å². The molecule has 0 radical (unpaired) electrons. The quantitative estimate of drug-likeness (QED) is 0.897. The van der Waals surface area contributed by atoms with Crippen LogP contribution in [0.5, 0.6) is 0 Å². The number of hydrogen-bond acceptors (Lipinski definition) is 3. The third-order valence-electron chi connectivity index (χ3n) is 3.77. The minimum Gasteiger partial charge on any atom is -0.366 e. The van der Waals surface area contributed by atoms with Gasteiger partial charge < -0.3 is 5.32 Å². The molecule has 1 aromatic rings. The van der Waals surface area contributed by atoms with Crippen molar-refractivity contribution in [1.29, 1.82) is 5.26 Å². The van der Waals surface area contributed by atoms with E-state index in [1.54, 1.807) is 12.3 Å². The molecule has 1 heterocycles. The predicted molar refractivity (Wildman–Crippen MR) is 73.6 cm³/mol. The summed E-state index contributed by atoms with van der Waals surface area (Å²) in [6.45, 7) is 2.26. The monoisotopic (exact) mass is 263 g/mol. The second-order valence-corrected chi connectivity index (χ2v) is 5.28. The second kappa shape index (κ2) is 6.06. The summed E-state index contributed by atoms with van der Waals surface area (Å²) in [7, 11) is 0. The van der Waals surface area contributed by atoms with Crippen LogP contribution < -0.4 is 5.32 Å². The number of hydrogen-bond donors (Lipinski definition) is 1. The highest BCUT2D eigenvalue weighted by Gasteiger charge is 2.21. The van der Waals surface area contributed by atoms with E-state index in [9.17, 15) is 0 Å². The summed E-state index contributed by atoms with van der Waals surface area (Å²) in [6, 6.07) is 4.15. The van der Waals surface area contributed by atoms with E-state index in [0.29, 0.717) is 22.4 Å². The topological polar surface area (TPSA) is 48.7 Å². The first-order valence-electron chi connectivity index (χ1n) is 6.55. The first-order chi connectivity index (χ1) is 8.74. The molecule has 18 heavy (non-hydrogen) atoms. The summed E-state index contributed by atoms with van der Waals surface area (Å²) in [6.07, 6.45) is 7.76. The Morgan fingerprint density at radius 1 is 1.44 bits per heavy atom. The lowest BCUT2D eigenvalue weighted by Crippen LogP contribution is -2.26. The molecule has 1 saturated carbocycles. The average molecular weight is 264 g/mol. The highest BCUT2D eigenvalue weighted by Crippen LogP contribution is 2.30. The van der Waals surface area contributed by atoms with Crippen LogP contribution in [0.2, 0.25) is 5.02 Å². The molecule has 1 fully saturated rings. The van der Waals surface area contributed by atoms with Gasteiger partial charge >= 0.3 is 0 Å². The van der Waals surface area contributed by atoms with Gasteiger partial charge in [0.25, 0.3) is 0 Å². The minimum absolute atomic E-state index is 0.437. The second-order valence-electron chi connectivity index (χ2n) is 4.90. The SMILES string of the molecule is CCC1CCC(Nc2nccc(C#N)c2Cl)CC1. The first kappa shape index (κ1) is 13.2. The lowest BCUT2D eigenvalue weighted by atomic mass is 9.84. The summed E-state index contributed by atoms with van der Waals surface area (Å²) in [5, 5.41) is 12.7. The highest BCUT2D eigenvalue weighted by atomic mass is 35.5. The zero-order valence-corrected chi connectivity index (χ0v) is 11.4. The van der Waals surface area contributed by atoms with E-state index in [4.69, 9.17) is 16.9 Å². The van der Waals surface area contributed by atoms with Crippen molar-refractivity contribution in [2.24, 2.45) is 5.92 Å². The predicted octanol–water partition coefficient (Wildman–Crippen LogP) is 3.99. The molecule has 1 aliphatic rings. The molecule has 0 atom stereocenters. The van der Waals surface area contributed by atoms with Crippen LogP contribution in [-0.4, -0.2) is 11.0 Å².